The molecule has 0 radical (unpaired) electrons. The van der Waals surface area contributed by atoms with Gasteiger partial charge in [0.25, 0.3) is 0 Å². The van der Waals surface area contributed by atoms with Gasteiger partial charge in [-0.15, -0.1) is 0 Å². The van der Waals surface area contributed by atoms with E-state index >= 15 is 0 Å². The van der Waals surface area contributed by atoms with E-state index in [4.69, 9.17) is 5.73 Å². The number of piperazine rings is 1. The van der Waals surface area contributed by atoms with Crippen molar-refractivity contribution in [2.24, 2.45) is 0 Å². The van der Waals surface area contributed by atoms with Crippen LogP contribution in [0.2, 0.25) is 0 Å². The molecule has 2 rings (SSSR count). The van der Waals surface area contributed by atoms with Crippen LogP contribution in [0.4, 0.5) is 11.4 Å². The summed E-state index contributed by atoms with van der Waals surface area (Å²) in [5.41, 5.74) is 7.69. The Labute approximate surface area is 120 Å². The number of anilines is 2. The molecule has 1 atom stereocenters. The molecule has 0 aromatic carbocycles. The molecule has 110 valence electrons. The molecule has 0 spiro atoms. The second kappa shape index (κ2) is 6.56. The third-order valence-electron chi connectivity index (χ3n) is 3.76. The van der Waals surface area contributed by atoms with Crippen LogP contribution in [0.5, 0.6) is 0 Å². The highest BCUT2D eigenvalue weighted by molar-refractivity contribution is 5.81. The zero-order valence-electron chi connectivity index (χ0n) is 12.2. The number of nitrogens with two attached hydrogens (primary N) is 1. The number of pyridine rings is 1. The van der Waals surface area contributed by atoms with Crippen LogP contribution in [-0.4, -0.2) is 54.6 Å². The number of likely N-dealkylation sites (N-methyl/N-ethyl adjacent to an activating group) is 1. The molecule has 0 saturated carbocycles. The number of nitrogens with one attached hydrogen (secondary N) is 1. The summed E-state index contributed by atoms with van der Waals surface area (Å²) < 4.78 is 0. The average Bonchev–Trinajstić information content (AvgIpc) is 2.47. The average molecular weight is 277 g/mol. The molecule has 1 aromatic rings. The molecule has 0 aliphatic carbocycles. The van der Waals surface area contributed by atoms with Gasteiger partial charge in [0.1, 0.15) is 0 Å². The maximum atomic E-state index is 11.9. The normalized spacial score (nSPS) is 17.8. The first kappa shape index (κ1) is 14.6. The number of nitrogen functional groups attached to an aromatic ring is 1. The molecule has 1 aromatic heterocycles. The molecule has 3 N–H and O–H groups in total. The Balaban J connectivity index is 1.92. The van der Waals surface area contributed by atoms with Gasteiger partial charge < -0.3 is 16.0 Å². The van der Waals surface area contributed by atoms with E-state index in [9.17, 15) is 4.79 Å². The van der Waals surface area contributed by atoms with Crippen LogP contribution in [0.1, 0.15) is 13.8 Å². The molecular formula is C14H23N5O. The Hall–Kier alpha value is -1.82. The highest BCUT2D eigenvalue weighted by Gasteiger charge is 2.25. The quantitative estimate of drug-likeness (QED) is 0.828. The zero-order valence-corrected chi connectivity index (χ0v) is 12.2. The molecule has 2 heterocycles. The first-order chi connectivity index (χ1) is 9.63. The lowest BCUT2D eigenvalue weighted by molar-refractivity contribution is -0.125. The molecule has 0 bridgehead atoms. The monoisotopic (exact) mass is 277 g/mol. The van der Waals surface area contributed by atoms with Gasteiger partial charge in [-0.1, -0.05) is 0 Å². The predicted octanol–water partition coefficient (Wildman–Crippen LogP) is 0.310. The molecule has 1 saturated heterocycles. The van der Waals surface area contributed by atoms with Crippen molar-refractivity contribution in [3.05, 3.63) is 18.5 Å². The summed E-state index contributed by atoms with van der Waals surface area (Å²) in [6.45, 7) is 8.04. The van der Waals surface area contributed by atoms with Crippen LogP contribution in [0.3, 0.4) is 0 Å². The number of rotatable bonds is 4. The molecule has 1 aliphatic rings. The molecule has 1 fully saturated rings. The fourth-order valence-corrected chi connectivity index (χ4v) is 2.53. The van der Waals surface area contributed by atoms with Crippen molar-refractivity contribution in [2.75, 3.05) is 43.4 Å². The number of aromatic nitrogens is 1. The number of carbonyl (C=O) groups excluding carboxylic acids is 1. The molecule has 1 aliphatic heterocycles. The summed E-state index contributed by atoms with van der Waals surface area (Å²) in [6, 6.07) is 1.87. The summed E-state index contributed by atoms with van der Waals surface area (Å²) in [7, 11) is 0. The van der Waals surface area contributed by atoms with Crippen molar-refractivity contribution in [3.8, 4) is 0 Å². The molecule has 20 heavy (non-hydrogen) atoms. The van der Waals surface area contributed by atoms with Crippen LogP contribution in [-0.2, 0) is 4.79 Å². The molecule has 1 amide bonds. The van der Waals surface area contributed by atoms with Gasteiger partial charge >= 0.3 is 0 Å². The molecule has 6 heteroatoms. The Bertz CT molecular complexity index is 457. The van der Waals surface area contributed by atoms with Gasteiger partial charge in [0.15, 0.2) is 0 Å². The minimum absolute atomic E-state index is 0.0770. The highest BCUT2D eigenvalue weighted by Crippen LogP contribution is 2.22. The Morgan fingerprint density at radius 3 is 2.75 bits per heavy atom. The summed E-state index contributed by atoms with van der Waals surface area (Å²) in [5.74, 6) is 0.101. The standard InChI is InChI=1S/C14H23N5O/c1-3-17-14(20)11(2)18-6-8-19(9-7-18)13-4-5-16-10-12(13)15/h4-5,10-11H,3,6-9,15H2,1-2H3,(H,17,20). The number of hydrogen-bond donors (Lipinski definition) is 2. The summed E-state index contributed by atoms with van der Waals surface area (Å²) in [5, 5.41) is 2.87. The van der Waals surface area contributed by atoms with Gasteiger partial charge in [-0.3, -0.25) is 14.7 Å². The van der Waals surface area contributed by atoms with Crippen LogP contribution in [0.25, 0.3) is 0 Å². The number of hydrogen-bond acceptors (Lipinski definition) is 5. The van der Waals surface area contributed by atoms with Crippen molar-refractivity contribution >= 4 is 17.3 Å². The molecular weight excluding hydrogens is 254 g/mol. The zero-order chi connectivity index (χ0) is 14.5. The van der Waals surface area contributed by atoms with E-state index in [0.29, 0.717) is 12.2 Å². The summed E-state index contributed by atoms with van der Waals surface area (Å²) >= 11 is 0. The van der Waals surface area contributed by atoms with Crippen molar-refractivity contribution in [2.45, 2.75) is 19.9 Å². The van der Waals surface area contributed by atoms with Crippen molar-refractivity contribution in [1.29, 1.82) is 0 Å². The van der Waals surface area contributed by atoms with E-state index in [-0.39, 0.29) is 11.9 Å². The van der Waals surface area contributed by atoms with Crippen molar-refractivity contribution in [3.63, 3.8) is 0 Å². The minimum Gasteiger partial charge on any atom is -0.396 e. The fraction of sp³-hybridized carbons (Fsp3) is 0.571. The number of nitrogens with zero attached hydrogens (tertiary/aromatic N) is 3. The van der Waals surface area contributed by atoms with E-state index in [1.54, 1.807) is 12.4 Å². The highest BCUT2D eigenvalue weighted by atomic mass is 16.2. The van der Waals surface area contributed by atoms with E-state index in [1.807, 2.05) is 19.9 Å². The summed E-state index contributed by atoms with van der Waals surface area (Å²) in [4.78, 5) is 20.3. The van der Waals surface area contributed by atoms with Gasteiger partial charge in [-0.05, 0) is 19.9 Å². The van der Waals surface area contributed by atoms with E-state index < -0.39 is 0 Å². The van der Waals surface area contributed by atoms with Gasteiger partial charge in [-0.25, -0.2) is 0 Å². The predicted molar refractivity (Wildman–Crippen MR) is 80.6 cm³/mol. The Morgan fingerprint density at radius 2 is 2.15 bits per heavy atom. The lowest BCUT2D eigenvalue weighted by Crippen LogP contribution is -2.54. The smallest absolute Gasteiger partial charge is 0.237 e. The third kappa shape index (κ3) is 3.19. The first-order valence-corrected chi connectivity index (χ1v) is 7.09. The van der Waals surface area contributed by atoms with Crippen LogP contribution in [0.15, 0.2) is 18.5 Å². The van der Waals surface area contributed by atoms with Crippen molar-refractivity contribution in [1.82, 2.24) is 15.2 Å². The maximum Gasteiger partial charge on any atom is 0.237 e. The van der Waals surface area contributed by atoms with Crippen LogP contribution < -0.4 is 16.0 Å². The maximum absolute atomic E-state index is 11.9. The Morgan fingerprint density at radius 1 is 1.45 bits per heavy atom. The number of amides is 1. The molecule has 6 nitrogen and oxygen atoms in total. The second-order valence-corrected chi connectivity index (χ2v) is 5.03. The second-order valence-electron chi connectivity index (χ2n) is 5.03. The van der Waals surface area contributed by atoms with Crippen LogP contribution in [0, 0.1) is 0 Å². The van der Waals surface area contributed by atoms with E-state index in [0.717, 1.165) is 31.9 Å². The van der Waals surface area contributed by atoms with Gasteiger partial charge in [0.05, 0.1) is 23.6 Å². The lowest BCUT2D eigenvalue weighted by atomic mass is 10.2. The van der Waals surface area contributed by atoms with Gasteiger partial charge in [0, 0.05) is 38.9 Å². The SMILES string of the molecule is CCNC(=O)C(C)N1CCN(c2ccncc2N)CC1. The third-order valence-corrected chi connectivity index (χ3v) is 3.76. The van der Waals surface area contributed by atoms with E-state index in [2.05, 4.69) is 20.1 Å². The van der Waals surface area contributed by atoms with Crippen molar-refractivity contribution < 1.29 is 4.79 Å². The van der Waals surface area contributed by atoms with E-state index in [1.165, 1.54) is 0 Å². The fourth-order valence-electron chi connectivity index (χ4n) is 2.53. The largest absolute Gasteiger partial charge is 0.396 e. The summed E-state index contributed by atoms with van der Waals surface area (Å²) in [6.07, 6.45) is 3.44. The first-order valence-electron chi connectivity index (χ1n) is 7.09. The topological polar surface area (TPSA) is 74.5 Å². The lowest BCUT2D eigenvalue weighted by Gasteiger charge is -2.38. The van der Waals surface area contributed by atoms with Gasteiger partial charge in [0.2, 0.25) is 5.91 Å². The number of carbonyl (C=O) groups is 1. The minimum atomic E-state index is -0.0770. The van der Waals surface area contributed by atoms with Gasteiger partial charge in [-0.2, -0.15) is 0 Å². The molecule has 1 unspecified atom stereocenters. The van der Waals surface area contributed by atoms with Crippen LogP contribution >= 0.6 is 0 Å². The Kier molecular flexibility index (Phi) is 4.79.